The normalized spacial score (nSPS) is 10.5. The minimum atomic E-state index is -0.713. The van der Waals surface area contributed by atoms with E-state index in [-0.39, 0.29) is 6.42 Å². The second kappa shape index (κ2) is 4.31. The van der Waals surface area contributed by atoms with Crippen molar-refractivity contribution in [2.75, 3.05) is 0 Å². The molecule has 0 aromatic carbocycles. The number of aliphatic carboxylic acids is 1. The zero-order valence-electron chi connectivity index (χ0n) is 9.00. The highest BCUT2D eigenvalue weighted by Crippen LogP contribution is 2.15. The molecule has 3 nitrogen and oxygen atoms in total. The molecule has 0 aliphatic carbocycles. The zero-order chi connectivity index (χ0) is 10.7. The third-order valence-electron chi connectivity index (χ3n) is 2.72. The van der Waals surface area contributed by atoms with Crippen molar-refractivity contribution in [3.05, 3.63) is 23.0 Å². The minimum Gasteiger partial charge on any atom is -0.481 e. The molecular weight excluding hydrogens is 178 g/mol. The molecule has 0 aliphatic rings. The van der Waals surface area contributed by atoms with Gasteiger partial charge in [0, 0.05) is 24.9 Å². The molecular formula is C11H17NO2. The Balaban J connectivity index is 2.59. The van der Waals surface area contributed by atoms with Crippen LogP contribution in [0.25, 0.3) is 0 Å². The zero-order valence-corrected chi connectivity index (χ0v) is 9.00. The van der Waals surface area contributed by atoms with Gasteiger partial charge in [-0.3, -0.25) is 4.79 Å². The Bertz CT molecular complexity index is 339. The molecule has 1 N–H and O–H groups in total. The van der Waals surface area contributed by atoms with Gasteiger partial charge in [0.05, 0.1) is 0 Å². The van der Waals surface area contributed by atoms with E-state index in [1.807, 2.05) is 7.05 Å². The maximum absolute atomic E-state index is 10.3. The monoisotopic (exact) mass is 195 g/mol. The topological polar surface area (TPSA) is 42.2 Å². The largest absolute Gasteiger partial charge is 0.481 e. The molecule has 1 aromatic rings. The van der Waals surface area contributed by atoms with Gasteiger partial charge >= 0.3 is 5.97 Å². The number of carboxylic acids is 1. The summed E-state index contributed by atoms with van der Waals surface area (Å²) in [5, 5.41) is 8.52. The lowest BCUT2D eigenvalue weighted by molar-refractivity contribution is -0.137. The SMILES string of the molecule is Cc1cc(CCCC(=O)O)c(C)n1C. The highest BCUT2D eigenvalue weighted by Gasteiger charge is 2.06. The van der Waals surface area contributed by atoms with Crippen LogP contribution in [0.3, 0.4) is 0 Å². The van der Waals surface area contributed by atoms with Gasteiger partial charge in [-0.15, -0.1) is 0 Å². The van der Waals surface area contributed by atoms with Crippen molar-refractivity contribution < 1.29 is 9.90 Å². The van der Waals surface area contributed by atoms with Crippen molar-refractivity contribution in [1.29, 1.82) is 0 Å². The Hall–Kier alpha value is -1.25. The van der Waals surface area contributed by atoms with E-state index in [4.69, 9.17) is 5.11 Å². The second-order valence-electron chi connectivity index (χ2n) is 3.70. The first-order valence-electron chi connectivity index (χ1n) is 4.86. The van der Waals surface area contributed by atoms with Crippen LogP contribution in [0.15, 0.2) is 6.07 Å². The van der Waals surface area contributed by atoms with Gasteiger partial charge in [-0.1, -0.05) is 0 Å². The van der Waals surface area contributed by atoms with E-state index >= 15 is 0 Å². The lowest BCUT2D eigenvalue weighted by atomic mass is 10.1. The van der Waals surface area contributed by atoms with Crippen LogP contribution in [0.4, 0.5) is 0 Å². The number of carboxylic acid groups (broad SMARTS) is 1. The third-order valence-corrected chi connectivity index (χ3v) is 2.72. The minimum absolute atomic E-state index is 0.257. The van der Waals surface area contributed by atoms with Crippen LogP contribution in [0, 0.1) is 13.8 Å². The summed E-state index contributed by atoms with van der Waals surface area (Å²) in [7, 11) is 2.03. The lowest BCUT2D eigenvalue weighted by Gasteiger charge is -2.01. The standard InChI is InChI=1S/C11H17NO2/c1-8-7-10(9(2)12(8)3)5-4-6-11(13)14/h7H,4-6H2,1-3H3,(H,13,14). The van der Waals surface area contributed by atoms with Gasteiger partial charge in [0.15, 0.2) is 0 Å². The van der Waals surface area contributed by atoms with E-state index in [2.05, 4.69) is 24.5 Å². The summed E-state index contributed by atoms with van der Waals surface area (Å²) in [5.41, 5.74) is 3.74. The molecule has 0 saturated carbocycles. The molecule has 14 heavy (non-hydrogen) atoms. The Kier molecular flexibility index (Phi) is 3.33. The highest BCUT2D eigenvalue weighted by molar-refractivity contribution is 5.66. The van der Waals surface area contributed by atoms with Gasteiger partial charge < -0.3 is 9.67 Å². The van der Waals surface area contributed by atoms with Gasteiger partial charge in [0.2, 0.25) is 0 Å². The van der Waals surface area contributed by atoms with Gasteiger partial charge in [-0.25, -0.2) is 0 Å². The smallest absolute Gasteiger partial charge is 0.303 e. The molecule has 0 amide bonds. The number of rotatable bonds is 4. The van der Waals surface area contributed by atoms with Crippen molar-refractivity contribution in [2.24, 2.45) is 7.05 Å². The molecule has 0 atom stereocenters. The molecule has 0 aliphatic heterocycles. The molecule has 1 heterocycles. The van der Waals surface area contributed by atoms with E-state index in [1.165, 1.54) is 17.0 Å². The van der Waals surface area contributed by atoms with E-state index in [0.717, 1.165) is 12.8 Å². The van der Waals surface area contributed by atoms with Crippen molar-refractivity contribution in [3.8, 4) is 0 Å². The molecule has 0 radical (unpaired) electrons. The maximum Gasteiger partial charge on any atom is 0.303 e. The van der Waals surface area contributed by atoms with Crippen molar-refractivity contribution in [1.82, 2.24) is 4.57 Å². The van der Waals surface area contributed by atoms with Gasteiger partial charge in [-0.2, -0.15) is 0 Å². The van der Waals surface area contributed by atoms with Crippen molar-refractivity contribution in [3.63, 3.8) is 0 Å². The summed E-state index contributed by atoms with van der Waals surface area (Å²) in [6, 6.07) is 2.14. The Morgan fingerprint density at radius 1 is 1.50 bits per heavy atom. The number of nitrogens with zero attached hydrogens (tertiary/aromatic N) is 1. The van der Waals surface area contributed by atoms with Gasteiger partial charge in [0.1, 0.15) is 0 Å². The quantitative estimate of drug-likeness (QED) is 0.799. The highest BCUT2D eigenvalue weighted by atomic mass is 16.4. The predicted molar refractivity (Wildman–Crippen MR) is 55.5 cm³/mol. The van der Waals surface area contributed by atoms with Crippen LogP contribution < -0.4 is 0 Å². The molecule has 1 aromatic heterocycles. The van der Waals surface area contributed by atoms with Crippen LogP contribution in [0.2, 0.25) is 0 Å². The fraction of sp³-hybridized carbons (Fsp3) is 0.545. The van der Waals surface area contributed by atoms with Crippen LogP contribution >= 0.6 is 0 Å². The first-order chi connectivity index (χ1) is 6.52. The van der Waals surface area contributed by atoms with E-state index in [0.29, 0.717) is 0 Å². The number of hydrogen-bond donors (Lipinski definition) is 1. The fourth-order valence-electron chi connectivity index (χ4n) is 1.62. The number of hydrogen-bond acceptors (Lipinski definition) is 1. The fourth-order valence-corrected chi connectivity index (χ4v) is 1.62. The molecule has 0 spiro atoms. The molecule has 0 unspecified atom stereocenters. The Morgan fingerprint density at radius 3 is 2.57 bits per heavy atom. The molecule has 0 fully saturated rings. The maximum atomic E-state index is 10.3. The first-order valence-corrected chi connectivity index (χ1v) is 4.86. The summed E-state index contributed by atoms with van der Waals surface area (Å²) in [6.45, 7) is 4.14. The Morgan fingerprint density at radius 2 is 2.14 bits per heavy atom. The van der Waals surface area contributed by atoms with Crippen LogP contribution in [-0.4, -0.2) is 15.6 Å². The van der Waals surface area contributed by atoms with Gasteiger partial charge in [0.25, 0.3) is 0 Å². The summed E-state index contributed by atoms with van der Waals surface area (Å²) < 4.78 is 2.14. The average Bonchev–Trinajstić information content (AvgIpc) is 2.33. The molecule has 1 rings (SSSR count). The second-order valence-corrected chi connectivity index (χ2v) is 3.70. The summed E-state index contributed by atoms with van der Waals surface area (Å²) in [4.78, 5) is 10.3. The van der Waals surface area contributed by atoms with Crippen LogP contribution in [0.5, 0.6) is 0 Å². The van der Waals surface area contributed by atoms with Gasteiger partial charge in [-0.05, 0) is 38.3 Å². The van der Waals surface area contributed by atoms with E-state index < -0.39 is 5.97 Å². The Labute approximate surface area is 84.4 Å². The van der Waals surface area contributed by atoms with E-state index in [9.17, 15) is 4.79 Å². The molecule has 0 bridgehead atoms. The van der Waals surface area contributed by atoms with Crippen LogP contribution in [-0.2, 0) is 18.3 Å². The number of aromatic nitrogens is 1. The summed E-state index contributed by atoms with van der Waals surface area (Å²) >= 11 is 0. The van der Waals surface area contributed by atoms with Crippen molar-refractivity contribution >= 4 is 5.97 Å². The first kappa shape index (κ1) is 10.8. The third kappa shape index (κ3) is 2.37. The summed E-state index contributed by atoms with van der Waals surface area (Å²) in [6.07, 6.45) is 1.84. The molecule has 0 saturated heterocycles. The summed E-state index contributed by atoms with van der Waals surface area (Å²) in [5.74, 6) is -0.713. The molecule has 3 heteroatoms. The number of carbonyl (C=O) groups is 1. The number of aryl methyl sites for hydroxylation is 2. The lowest BCUT2D eigenvalue weighted by Crippen LogP contribution is -1.97. The van der Waals surface area contributed by atoms with Crippen LogP contribution in [0.1, 0.15) is 29.8 Å². The predicted octanol–water partition coefficient (Wildman–Crippen LogP) is 2.05. The van der Waals surface area contributed by atoms with E-state index in [1.54, 1.807) is 0 Å². The molecule has 78 valence electrons. The van der Waals surface area contributed by atoms with Crippen molar-refractivity contribution in [2.45, 2.75) is 33.1 Å². The average molecular weight is 195 g/mol.